The van der Waals surface area contributed by atoms with Gasteiger partial charge in [0.05, 0.1) is 0 Å². The van der Waals surface area contributed by atoms with Crippen LogP contribution in [0.4, 0.5) is 17.3 Å². The molecule has 0 aliphatic carbocycles. The van der Waals surface area contributed by atoms with E-state index in [1.54, 1.807) is 0 Å². The van der Waals surface area contributed by atoms with Crippen LogP contribution in [0.15, 0.2) is 5.18 Å². The quantitative estimate of drug-likeness (QED) is 0.504. The number of aromatic nitrogens is 3. The minimum Gasteiger partial charge on any atom is -0.392 e. The molecule has 1 rings (SSSR count). The van der Waals surface area contributed by atoms with E-state index >= 15 is 0 Å². The lowest BCUT2D eigenvalue weighted by Gasteiger charge is -1.94. The normalized spacial score (nSPS) is 9.20. The van der Waals surface area contributed by atoms with Crippen LogP contribution >= 0.6 is 0 Å². The standard InChI is InChI=1S/C3H4N6O/c4-1-2(5)6-9-7-3(1)8-10/h(H2,4,9)(H2,5,6,7). The van der Waals surface area contributed by atoms with Gasteiger partial charge in [0.2, 0.25) is 5.82 Å². The van der Waals surface area contributed by atoms with Gasteiger partial charge in [-0.25, -0.2) is 0 Å². The maximum Gasteiger partial charge on any atom is 0.246 e. The second-order valence-corrected chi connectivity index (χ2v) is 1.50. The van der Waals surface area contributed by atoms with Crippen LogP contribution in [-0.2, 0) is 0 Å². The molecule has 0 bridgehead atoms. The molecule has 0 atom stereocenters. The van der Waals surface area contributed by atoms with Crippen LogP contribution in [0.3, 0.4) is 0 Å². The summed E-state index contributed by atoms with van der Waals surface area (Å²) in [6.07, 6.45) is 0. The lowest BCUT2D eigenvalue weighted by atomic mass is 10.5. The van der Waals surface area contributed by atoms with Crippen LogP contribution in [0.25, 0.3) is 0 Å². The lowest BCUT2D eigenvalue weighted by molar-refractivity contribution is 0.875. The predicted molar refractivity (Wildman–Crippen MR) is 34.1 cm³/mol. The first-order valence-corrected chi connectivity index (χ1v) is 2.33. The summed E-state index contributed by atoms with van der Waals surface area (Å²) < 4.78 is 0. The number of nitrogens with two attached hydrogens (primary N) is 2. The highest BCUT2D eigenvalue weighted by Crippen LogP contribution is 2.19. The fraction of sp³-hybridized carbons (Fsp3) is 0. The van der Waals surface area contributed by atoms with E-state index < -0.39 is 0 Å². The molecule has 0 amide bonds. The molecule has 7 heteroatoms. The highest BCUT2D eigenvalue weighted by Gasteiger charge is 2.04. The minimum atomic E-state index is -0.229. The van der Waals surface area contributed by atoms with Crippen molar-refractivity contribution in [3.63, 3.8) is 0 Å². The molecule has 4 N–H and O–H groups in total. The molecule has 1 heterocycles. The van der Waals surface area contributed by atoms with Crippen LogP contribution in [0.5, 0.6) is 0 Å². The van der Waals surface area contributed by atoms with Crippen molar-refractivity contribution in [1.82, 2.24) is 15.4 Å². The zero-order chi connectivity index (χ0) is 7.56. The molecular weight excluding hydrogens is 136 g/mol. The molecule has 1 aromatic heterocycles. The van der Waals surface area contributed by atoms with Gasteiger partial charge in [-0.1, -0.05) is 0 Å². The van der Waals surface area contributed by atoms with Crippen molar-refractivity contribution in [2.24, 2.45) is 5.18 Å². The molecule has 0 saturated heterocycles. The van der Waals surface area contributed by atoms with Crippen molar-refractivity contribution in [2.75, 3.05) is 11.5 Å². The average molecular weight is 140 g/mol. The summed E-state index contributed by atoms with van der Waals surface area (Å²) in [5.74, 6) is -0.267. The SMILES string of the molecule is Nc1nnnc(N=O)c1N. The van der Waals surface area contributed by atoms with Gasteiger partial charge in [0.15, 0.2) is 5.82 Å². The molecule has 7 nitrogen and oxygen atoms in total. The van der Waals surface area contributed by atoms with E-state index in [1.807, 2.05) is 0 Å². The summed E-state index contributed by atoms with van der Waals surface area (Å²) >= 11 is 0. The number of rotatable bonds is 1. The summed E-state index contributed by atoms with van der Waals surface area (Å²) in [6.45, 7) is 0. The van der Waals surface area contributed by atoms with E-state index in [9.17, 15) is 4.91 Å². The second kappa shape index (κ2) is 2.21. The van der Waals surface area contributed by atoms with E-state index in [0.29, 0.717) is 0 Å². The Morgan fingerprint density at radius 3 is 2.50 bits per heavy atom. The van der Waals surface area contributed by atoms with E-state index in [2.05, 4.69) is 20.6 Å². The fourth-order valence-corrected chi connectivity index (χ4v) is 0.403. The lowest BCUT2D eigenvalue weighted by Crippen LogP contribution is -2.01. The second-order valence-electron chi connectivity index (χ2n) is 1.50. The van der Waals surface area contributed by atoms with E-state index in [-0.39, 0.29) is 17.3 Å². The molecule has 0 unspecified atom stereocenters. The zero-order valence-electron chi connectivity index (χ0n) is 4.85. The topological polar surface area (TPSA) is 120 Å². The van der Waals surface area contributed by atoms with Gasteiger partial charge in [0, 0.05) is 0 Å². The van der Waals surface area contributed by atoms with Crippen molar-refractivity contribution in [2.45, 2.75) is 0 Å². The van der Waals surface area contributed by atoms with Gasteiger partial charge < -0.3 is 11.5 Å². The summed E-state index contributed by atoms with van der Waals surface area (Å²) in [7, 11) is 0. The summed E-state index contributed by atoms with van der Waals surface area (Å²) in [5, 5.41) is 12.1. The molecule has 0 aromatic carbocycles. The van der Waals surface area contributed by atoms with E-state index in [0.717, 1.165) is 0 Å². The van der Waals surface area contributed by atoms with Crippen molar-refractivity contribution in [3.05, 3.63) is 4.91 Å². The van der Waals surface area contributed by atoms with Crippen LogP contribution in [0.1, 0.15) is 0 Å². The number of nitroso groups, excluding NO2 is 1. The third-order valence-electron chi connectivity index (χ3n) is 0.895. The van der Waals surface area contributed by atoms with E-state index in [1.165, 1.54) is 0 Å². The Labute approximate surface area is 55.4 Å². The minimum absolute atomic E-state index is 0.0370. The largest absolute Gasteiger partial charge is 0.392 e. The summed E-state index contributed by atoms with van der Waals surface area (Å²) in [4.78, 5) is 9.86. The van der Waals surface area contributed by atoms with Gasteiger partial charge >= 0.3 is 0 Å². The van der Waals surface area contributed by atoms with Gasteiger partial charge in [-0.05, 0) is 10.4 Å². The smallest absolute Gasteiger partial charge is 0.246 e. The number of hydrogen-bond acceptors (Lipinski definition) is 7. The van der Waals surface area contributed by atoms with Gasteiger partial charge in [-0.15, -0.1) is 15.1 Å². The molecule has 0 aliphatic rings. The Kier molecular flexibility index (Phi) is 1.40. The van der Waals surface area contributed by atoms with Crippen molar-refractivity contribution >= 4 is 17.3 Å². The summed E-state index contributed by atoms with van der Waals surface area (Å²) in [5.41, 5.74) is 10.3. The monoisotopic (exact) mass is 140 g/mol. The number of anilines is 2. The Morgan fingerprint density at radius 2 is 2.00 bits per heavy atom. The molecule has 0 radical (unpaired) electrons. The Morgan fingerprint density at radius 1 is 1.30 bits per heavy atom. The summed E-state index contributed by atoms with van der Waals surface area (Å²) in [6, 6.07) is 0. The van der Waals surface area contributed by atoms with Gasteiger partial charge in [-0.2, -0.15) is 0 Å². The van der Waals surface area contributed by atoms with Crippen LogP contribution in [0.2, 0.25) is 0 Å². The molecule has 10 heavy (non-hydrogen) atoms. The Bertz CT molecular complexity index is 259. The Hall–Kier alpha value is -1.79. The first kappa shape index (κ1) is 6.33. The number of nitrogen functional groups attached to an aromatic ring is 2. The zero-order valence-corrected chi connectivity index (χ0v) is 4.85. The van der Waals surface area contributed by atoms with Crippen molar-refractivity contribution in [3.8, 4) is 0 Å². The Balaban J connectivity index is 3.27. The molecular formula is C3H4N6O. The molecule has 0 spiro atoms. The first-order chi connectivity index (χ1) is 4.75. The van der Waals surface area contributed by atoms with E-state index in [4.69, 9.17) is 11.5 Å². The molecule has 52 valence electrons. The fourth-order valence-electron chi connectivity index (χ4n) is 0.403. The van der Waals surface area contributed by atoms with Crippen molar-refractivity contribution in [1.29, 1.82) is 0 Å². The molecule has 1 aromatic rings. The van der Waals surface area contributed by atoms with Gasteiger partial charge in [0.1, 0.15) is 5.69 Å². The number of nitrogens with zero attached hydrogens (tertiary/aromatic N) is 4. The maximum absolute atomic E-state index is 9.86. The predicted octanol–water partition coefficient (Wildman–Crippen LogP) is -0.566. The highest BCUT2D eigenvalue weighted by atomic mass is 16.3. The third-order valence-corrected chi connectivity index (χ3v) is 0.895. The first-order valence-electron chi connectivity index (χ1n) is 2.33. The van der Waals surface area contributed by atoms with Crippen LogP contribution in [-0.4, -0.2) is 15.4 Å². The molecule has 0 fully saturated rings. The molecule has 0 saturated carbocycles. The van der Waals surface area contributed by atoms with Gasteiger partial charge in [0.25, 0.3) is 0 Å². The maximum atomic E-state index is 9.86. The van der Waals surface area contributed by atoms with Crippen LogP contribution in [0, 0.1) is 4.91 Å². The third kappa shape index (κ3) is 0.835. The average Bonchev–Trinajstić information content (AvgIpc) is 1.95. The van der Waals surface area contributed by atoms with Crippen molar-refractivity contribution < 1.29 is 0 Å². The van der Waals surface area contributed by atoms with Gasteiger partial charge in [-0.3, -0.25) is 0 Å². The number of hydrogen-bond donors (Lipinski definition) is 2. The highest BCUT2D eigenvalue weighted by molar-refractivity contribution is 5.68. The van der Waals surface area contributed by atoms with Crippen LogP contribution < -0.4 is 11.5 Å². The molecule has 0 aliphatic heterocycles.